The third-order valence-electron chi connectivity index (χ3n) is 3.49. The summed E-state index contributed by atoms with van der Waals surface area (Å²) in [7, 11) is 0. The van der Waals surface area contributed by atoms with Gasteiger partial charge in [0.2, 0.25) is 0 Å². The standard InChI is InChI=1S/C15H22N2O2/c1-3-7-16-12-4-5-14(11(2)9-12)15(19)17-8-6-13(18)10-17/h4-5,9,13,16,18H,3,6-8,10H2,1-2H3. The molecule has 1 amide bonds. The summed E-state index contributed by atoms with van der Waals surface area (Å²) in [6.45, 7) is 6.11. The Morgan fingerprint density at radius 2 is 2.32 bits per heavy atom. The molecule has 1 aromatic rings. The Kier molecular flexibility index (Phi) is 4.43. The second kappa shape index (κ2) is 6.06. The Bertz CT molecular complexity index is 459. The van der Waals surface area contributed by atoms with E-state index in [4.69, 9.17) is 0 Å². The lowest BCUT2D eigenvalue weighted by Gasteiger charge is -2.17. The number of benzene rings is 1. The van der Waals surface area contributed by atoms with Crippen LogP contribution in [0.25, 0.3) is 0 Å². The van der Waals surface area contributed by atoms with Gasteiger partial charge in [0.1, 0.15) is 0 Å². The minimum atomic E-state index is -0.366. The van der Waals surface area contributed by atoms with Crippen LogP contribution in [0.2, 0.25) is 0 Å². The van der Waals surface area contributed by atoms with Gasteiger partial charge in [-0.05, 0) is 43.5 Å². The maximum atomic E-state index is 12.3. The summed E-state index contributed by atoms with van der Waals surface area (Å²) in [5.74, 6) is 0.0242. The fraction of sp³-hybridized carbons (Fsp3) is 0.533. The molecular weight excluding hydrogens is 240 g/mol. The lowest BCUT2D eigenvalue weighted by molar-refractivity contribution is 0.0764. The van der Waals surface area contributed by atoms with Gasteiger partial charge in [0, 0.05) is 30.9 Å². The smallest absolute Gasteiger partial charge is 0.254 e. The van der Waals surface area contributed by atoms with E-state index in [1.165, 1.54) is 0 Å². The molecule has 1 aliphatic rings. The monoisotopic (exact) mass is 262 g/mol. The van der Waals surface area contributed by atoms with E-state index < -0.39 is 0 Å². The molecule has 19 heavy (non-hydrogen) atoms. The number of β-amino-alcohol motifs (C(OH)–C–C–N with tert-alkyl or cyclic N) is 1. The first-order valence-corrected chi connectivity index (χ1v) is 6.93. The molecule has 1 unspecified atom stereocenters. The van der Waals surface area contributed by atoms with Crippen molar-refractivity contribution in [2.24, 2.45) is 0 Å². The Balaban J connectivity index is 2.10. The highest BCUT2D eigenvalue weighted by Gasteiger charge is 2.26. The highest BCUT2D eigenvalue weighted by molar-refractivity contribution is 5.96. The maximum Gasteiger partial charge on any atom is 0.254 e. The van der Waals surface area contributed by atoms with Crippen molar-refractivity contribution in [3.8, 4) is 0 Å². The summed E-state index contributed by atoms with van der Waals surface area (Å²) in [4.78, 5) is 14.1. The normalized spacial score (nSPS) is 18.7. The molecule has 0 spiro atoms. The number of nitrogens with zero attached hydrogens (tertiary/aromatic N) is 1. The minimum absolute atomic E-state index is 0.0242. The fourth-order valence-electron chi connectivity index (χ4n) is 2.38. The van der Waals surface area contributed by atoms with Crippen LogP contribution in [-0.4, -0.2) is 41.7 Å². The topological polar surface area (TPSA) is 52.6 Å². The number of amides is 1. The summed E-state index contributed by atoms with van der Waals surface area (Å²) >= 11 is 0. The Labute approximate surface area is 114 Å². The van der Waals surface area contributed by atoms with Crippen molar-refractivity contribution < 1.29 is 9.90 Å². The number of aryl methyl sites for hydroxylation is 1. The van der Waals surface area contributed by atoms with Gasteiger partial charge in [0.15, 0.2) is 0 Å². The van der Waals surface area contributed by atoms with Gasteiger partial charge in [-0.25, -0.2) is 0 Å². The van der Waals surface area contributed by atoms with Gasteiger partial charge < -0.3 is 15.3 Å². The zero-order valence-electron chi connectivity index (χ0n) is 11.6. The number of hydrogen-bond donors (Lipinski definition) is 2. The maximum absolute atomic E-state index is 12.3. The van der Waals surface area contributed by atoms with Crippen LogP contribution in [0.5, 0.6) is 0 Å². The summed E-state index contributed by atoms with van der Waals surface area (Å²) < 4.78 is 0. The second-order valence-electron chi connectivity index (χ2n) is 5.15. The van der Waals surface area contributed by atoms with Crippen molar-refractivity contribution in [3.05, 3.63) is 29.3 Å². The molecule has 1 atom stereocenters. The summed E-state index contributed by atoms with van der Waals surface area (Å²) in [5.41, 5.74) is 2.76. The third-order valence-corrected chi connectivity index (χ3v) is 3.49. The number of hydrogen-bond acceptors (Lipinski definition) is 3. The van der Waals surface area contributed by atoms with Gasteiger partial charge in [-0.2, -0.15) is 0 Å². The summed E-state index contributed by atoms with van der Waals surface area (Å²) in [6.07, 6.45) is 1.39. The number of aliphatic hydroxyl groups excluding tert-OH is 1. The van der Waals surface area contributed by atoms with Gasteiger partial charge in [0.25, 0.3) is 5.91 Å². The van der Waals surface area contributed by atoms with E-state index in [1.807, 2.05) is 25.1 Å². The van der Waals surface area contributed by atoms with E-state index in [-0.39, 0.29) is 12.0 Å². The summed E-state index contributed by atoms with van der Waals surface area (Å²) in [5, 5.41) is 12.8. The van der Waals surface area contributed by atoms with E-state index in [0.717, 1.165) is 29.8 Å². The van der Waals surface area contributed by atoms with Crippen LogP contribution in [0.4, 0.5) is 5.69 Å². The van der Waals surface area contributed by atoms with E-state index in [9.17, 15) is 9.90 Å². The molecule has 4 nitrogen and oxygen atoms in total. The first kappa shape index (κ1) is 13.9. The molecule has 1 aromatic carbocycles. The number of carbonyl (C=O) groups excluding carboxylic acids is 1. The van der Waals surface area contributed by atoms with E-state index in [0.29, 0.717) is 19.5 Å². The van der Waals surface area contributed by atoms with E-state index in [2.05, 4.69) is 12.2 Å². The number of rotatable bonds is 4. The van der Waals surface area contributed by atoms with Crippen molar-refractivity contribution >= 4 is 11.6 Å². The molecule has 0 saturated carbocycles. The van der Waals surface area contributed by atoms with Crippen LogP contribution >= 0.6 is 0 Å². The first-order chi connectivity index (χ1) is 9.11. The third kappa shape index (κ3) is 3.26. The Morgan fingerprint density at radius 1 is 1.53 bits per heavy atom. The minimum Gasteiger partial charge on any atom is -0.391 e. The fourth-order valence-corrected chi connectivity index (χ4v) is 2.38. The molecule has 1 aliphatic heterocycles. The van der Waals surface area contributed by atoms with Crippen LogP contribution in [0.15, 0.2) is 18.2 Å². The van der Waals surface area contributed by atoms with Crippen molar-refractivity contribution in [1.82, 2.24) is 4.90 Å². The molecule has 104 valence electrons. The molecule has 0 aromatic heterocycles. The van der Waals surface area contributed by atoms with Gasteiger partial charge in [-0.15, -0.1) is 0 Å². The lowest BCUT2D eigenvalue weighted by Crippen LogP contribution is -2.30. The van der Waals surface area contributed by atoms with Crippen LogP contribution in [0.1, 0.15) is 35.7 Å². The first-order valence-electron chi connectivity index (χ1n) is 6.93. The van der Waals surface area contributed by atoms with Crippen LogP contribution in [0.3, 0.4) is 0 Å². The van der Waals surface area contributed by atoms with Gasteiger partial charge in [-0.3, -0.25) is 4.79 Å². The number of anilines is 1. The Hall–Kier alpha value is -1.55. The highest BCUT2D eigenvalue weighted by atomic mass is 16.3. The van der Waals surface area contributed by atoms with Crippen LogP contribution < -0.4 is 5.32 Å². The molecule has 0 radical (unpaired) electrons. The number of aliphatic hydroxyl groups is 1. The average Bonchev–Trinajstić information content (AvgIpc) is 2.82. The zero-order valence-corrected chi connectivity index (χ0v) is 11.6. The predicted molar refractivity (Wildman–Crippen MR) is 76.5 cm³/mol. The largest absolute Gasteiger partial charge is 0.391 e. The molecule has 0 aliphatic carbocycles. The summed E-state index contributed by atoms with van der Waals surface area (Å²) in [6, 6.07) is 5.83. The quantitative estimate of drug-likeness (QED) is 0.873. The molecule has 2 rings (SSSR count). The predicted octanol–water partition coefficient (Wildman–Crippen LogP) is 2.02. The number of nitrogens with one attached hydrogen (secondary N) is 1. The number of carbonyl (C=O) groups is 1. The Morgan fingerprint density at radius 3 is 2.89 bits per heavy atom. The van der Waals surface area contributed by atoms with Crippen LogP contribution in [0, 0.1) is 6.92 Å². The SMILES string of the molecule is CCCNc1ccc(C(=O)N2CCC(O)C2)c(C)c1. The molecule has 0 bridgehead atoms. The van der Waals surface area contributed by atoms with E-state index >= 15 is 0 Å². The van der Waals surface area contributed by atoms with Crippen molar-refractivity contribution in [2.45, 2.75) is 32.8 Å². The molecule has 1 fully saturated rings. The zero-order chi connectivity index (χ0) is 13.8. The van der Waals surface area contributed by atoms with E-state index in [1.54, 1.807) is 4.90 Å². The average molecular weight is 262 g/mol. The van der Waals surface area contributed by atoms with Gasteiger partial charge >= 0.3 is 0 Å². The van der Waals surface area contributed by atoms with Crippen molar-refractivity contribution in [2.75, 3.05) is 25.0 Å². The molecule has 2 N–H and O–H groups in total. The van der Waals surface area contributed by atoms with Crippen molar-refractivity contribution in [1.29, 1.82) is 0 Å². The van der Waals surface area contributed by atoms with Crippen LogP contribution in [-0.2, 0) is 0 Å². The van der Waals surface area contributed by atoms with Crippen molar-refractivity contribution in [3.63, 3.8) is 0 Å². The van der Waals surface area contributed by atoms with Gasteiger partial charge in [0.05, 0.1) is 6.10 Å². The van der Waals surface area contributed by atoms with Gasteiger partial charge in [-0.1, -0.05) is 6.92 Å². The molecular formula is C15H22N2O2. The molecule has 4 heteroatoms. The second-order valence-corrected chi connectivity index (χ2v) is 5.15. The highest BCUT2D eigenvalue weighted by Crippen LogP contribution is 2.19. The molecule has 1 saturated heterocycles. The molecule has 1 heterocycles. The lowest BCUT2D eigenvalue weighted by atomic mass is 10.1. The number of likely N-dealkylation sites (tertiary alicyclic amines) is 1.